The zero-order valence-electron chi connectivity index (χ0n) is 15.9. The molecule has 2 atom stereocenters. The van der Waals surface area contributed by atoms with E-state index in [0.29, 0.717) is 11.8 Å². The van der Waals surface area contributed by atoms with Gasteiger partial charge in [-0.3, -0.25) is 4.68 Å². The van der Waals surface area contributed by atoms with Gasteiger partial charge in [-0.05, 0) is 66.5 Å². The smallest absolute Gasteiger partial charge is 0.142 e. The molecule has 27 heavy (non-hydrogen) atoms. The Bertz CT molecular complexity index is 1030. The number of fused-ring (bicyclic) bond motifs is 2. The monoisotopic (exact) mass is 359 g/mol. The molecule has 0 amide bonds. The second-order valence-electron chi connectivity index (χ2n) is 8.28. The van der Waals surface area contributed by atoms with E-state index in [1.807, 2.05) is 11.7 Å². The molecule has 3 aromatic rings. The van der Waals surface area contributed by atoms with Gasteiger partial charge in [0, 0.05) is 24.0 Å². The van der Waals surface area contributed by atoms with Crippen molar-refractivity contribution in [1.29, 1.82) is 0 Å². The number of aromatic nitrogens is 2. The third kappa shape index (κ3) is 2.84. The van der Waals surface area contributed by atoms with Gasteiger partial charge in [0.25, 0.3) is 0 Å². The molecule has 1 aromatic heterocycles. The highest BCUT2D eigenvalue weighted by Gasteiger charge is 2.29. The van der Waals surface area contributed by atoms with Crippen LogP contribution in [0.5, 0.6) is 0 Å². The molecule has 1 N–H and O–H groups in total. The van der Waals surface area contributed by atoms with Crippen molar-refractivity contribution in [3.8, 4) is 11.1 Å². The molecule has 1 aliphatic heterocycles. The molecule has 4 nitrogen and oxygen atoms in total. The Kier molecular flexibility index (Phi) is 3.81. The maximum Gasteiger partial charge on any atom is 0.142 e. The van der Waals surface area contributed by atoms with Crippen molar-refractivity contribution in [2.75, 3.05) is 5.32 Å². The van der Waals surface area contributed by atoms with Crippen molar-refractivity contribution in [3.05, 3.63) is 47.7 Å². The van der Waals surface area contributed by atoms with E-state index in [9.17, 15) is 4.79 Å². The summed E-state index contributed by atoms with van der Waals surface area (Å²) in [5, 5.41) is 9.52. The van der Waals surface area contributed by atoms with Gasteiger partial charge in [0.2, 0.25) is 0 Å². The van der Waals surface area contributed by atoms with Gasteiger partial charge in [-0.15, -0.1) is 0 Å². The van der Waals surface area contributed by atoms with Gasteiger partial charge in [0.1, 0.15) is 6.29 Å². The number of rotatable bonds is 3. The Morgan fingerprint density at radius 2 is 2.07 bits per heavy atom. The summed E-state index contributed by atoms with van der Waals surface area (Å²) < 4.78 is 2.01. The van der Waals surface area contributed by atoms with E-state index in [4.69, 9.17) is 5.10 Å². The third-order valence-electron chi connectivity index (χ3n) is 6.04. The lowest BCUT2D eigenvalue weighted by atomic mass is 9.90. The summed E-state index contributed by atoms with van der Waals surface area (Å²) in [6, 6.07) is 13.0. The van der Waals surface area contributed by atoms with E-state index < -0.39 is 0 Å². The Balaban J connectivity index is 1.65. The maximum atomic E-state index is 11.4. The number of benzene rings is 2. The van der Waals surface area contributed by atoms with Gasteiger partial charge in [-0.25, -0.2) is 0 Å². The minimum absolute atomic E-state index is 0.0984. The fraction of sp³-hybridized carbons (Fsp3) is 0.391. The van der Waals surface area contributed by atoms with Crippen LogP contribution in [0.2, 0.25) is 0 Å². The Hall–Kier alpha value is -2.62. The average Bonchev–Trinajstić information content (AvgIpc) is 3.47. The molecule has 138 valence electrons. The summed E-state index contributed by atoms with van der Waals surface area (Å²) >= 11 is 0. The third-order valence-corrected chi connectivity index (χ3v) is 6.04. The van der Waals surface area contributed by atoms with Gasteiger partial charge in [-0.2, -0.15) is 5.10 Å². The van der Waals surface area contributed by atoms with Crippen LogP contribution in [-0.4, -0.2) is 22.1 Å². The van der Waals surface area contributed by atoms with E-state index in [2.05, 4.69) is 48.6 Å². The number of nitrogens with zero attached hydrogens (tertiary/aromatic N) is 2. The summed E-state index contributed by atoms with van der Waals surface area (Å²) in [6.07, 6.45) is 5.42. The minimum atomic E-state index is -0.0984. The fourth-order valence-corrected chi connectivity index (χ4v) is 4.54. The van der Waals surface area contributed by atoms with E-state index in [-0.39, 0.29) is 6.04 Å². The summed E-state index contributed by atoms with van der Waals surface area (Å²) in [6.45, 7) is 2.24. The normalized spacial score (nSPS) is 22.1. The van der Waals surface area contributed by atoms with Crippen molar-refractivity contribution in [1.82, 2.24) is 9.78 Å². The van der Waals surface area contributed by atoms with Gasteiger partial charge in [-0.1, -0.05) is 25.1 Å². The topological polar surface area (TPSA) is 46.9 Å². The summed E-state index contributed by atoms with van der Waals surface area (Å²) in [7, 11) is 2.04. The van der Waals surface area contributed by atoms with E-state index in [0.717, 1.165) is 24.8 Å². The van der Waals surface area contributed by atoms with Gasteiger partial charge in [0.15, 0.2) is 0 Å². The molecule has 1 fully saturated rings. The Morgan fingerprint density at radius 1 is 1.22 bits per heavy atom. The van der Waals surface area contributed by atoms with Crippen LogP contribution in [0.1, 0.15) is 43.4 Å². The number of aldehydes is 1. The molecule has 0 saturated heterocycles. The molecule has 2 unspecified atom stereocenters. The van der Waals surface area contributed by atoms with E-state index in [1.54, 1.807) is 0 Å². The predicted molar refractivity (Wildman–Crippen MR) is 109 cm³/mol. The van der Waals surface area contributed by atoms with Crippen LogP contribution in [-0.2, 0) is 18.3 Å². The van der Waals surface area contributed by atoms with Crippen molar-refractivity contribution in [2.45, 2.75) is 44.6 Å². The first-order valence-corrected chi connectivity index (χ1v) is 9.95. The summed E-state index contributed by atoms with van der Waals surface area (Å²) in [5.41, 5.74) is 7.39. The lowest BCUT2D eigenvalue weighted by Crippen LogP contribution is -2.21. The van der Waals surface area contributed by atoms with Crippen molar-refractivity contribution < 1.29 is 4.79 Å². The molecule has 2 heterocycles. The second-order valence-corrected chi connectivity index (χ2v) is 8.28. The number of anilines is 1. The quantitative estimate of drug-likeness (QED) is 0.691. The number of hydrogen-bond donors (Lipinski definition) is 1. The Morgan fingerprint density at radius 3 is 2.85 bits per heavy atom. The highest BCUT2D eigenvalue weighted by molar-refractivity contribution is 5.89. The zero-order valence-corrected chi connectivity index (χ0v) is 15.9. The van der Waals surface area contributed by atoms with Gasteiger partial charge >= 0.3 is 0 Å². The molecule has 2 aliphatic rings. The lowest BCUT2D eigenvalue weighted by Gasteiger charge is -2.15. The second kappa shape index (κ2) is 6.22. The molecule has 0 radical (unpaired) electrons. The van der Waals surface area contributed by atoms with Gasteiger partial charge < -0.3 is 10.1 Å². The van der Waals surface area contributed by atoms with Gasteiger partial charge in [0.05, 0.1) is 17.3 Å². The van der Waals surface area contributed by atoms with E-state index >= 15 is 0 Å². The molecular formula is C23H25N3O. The number of aryl methyl sites for hydroxylation is 1. The molecule has 0 spiro atoms. The fourth-order valence-electron chi connectivity index (χ4n) is 4.54. The standard InChI is InChI=1S/C23H25N3O/c1-14-10-17(13-27)24-21-5-3-4-18(19(21)11-14)16-8-9-22-20(12-16)23(15-6-7-15)25-26(22)2/h3-5,8-9,12-15,17,24H,6-7,10-11H2,1-2H3. The first-order valence-electron chi connectivity index (χ1n) is 9.95. The number of carbonyl (C=O) groups is 1. The number of nitrogens with one attached hydrogen (secondary N) is 1. The van der Waals surface area contributed by atoms with Crippen LogP contribution in [0.4, 0.5) is 5.69 Å². The highest BCUT2D eigenvalue weighted by atomic mass is 16.1. The summed E-state index contributed by atoms with van der Waals surface area (Å²) in [5.74, 6) is 1.10. The van der Waals surface area contributed by atoms with Crippen molar-refractivity contribution in [3.63, 3.8) is 0 Å². The molecule has 4 heteroatoms. The van der Waals surface area contributed by atoms with Crippen LogP contribution in [0, 0.1) is 5.92 Å². The Labute approximate surface area is 159 Å². The van der Waals surface area contributed by atoms with Crippen LogP contribution in [0.3, 0.4) is 0 Å². The largest absolute Gasteiger partial charge is 0.375 e. The molecular weight excluding hydrogens is 334 g/mol. The number of carbonyl (C=O) groups excluding carboxylic acids is 1. The molecule has 1 saturated carbocycles. The minimum Gasteiger partial charge on any atom is -0.375 e. The molecule has 2 aromatic carbocycles. The average molecular weight is 359 g/mol. The lowest BCUT2D eigenvalue weighted by molar-refractivity contribution is -0.108. The van der Waals surface area contributed by atoms with Crippen molar-refractivity contribution >= 4 is 22.9 Å². The van der Waals surface area contributed by atoms with Crippen LogP contribution < -0.4 is 5.32 Å². The first-order chi connectivity index (χ1) is 13.1. The predicted octanol–water partition coefficient (Wildman–Crippen LogP) is 4.68. The van der Waals surface area contributed by atoms with Crippen LogP contribution >= 0.6 is 0 Å². The van der Waals surface area contributed by atoms with Crippen molar-refractivity contribution in [2.24, 2.45) is 13.0 Å². The van der Waals surface area contributed by atoms with E-state index in [1.165, 1.54) is 46.1 Å². The number of hydrogen-bond acceptors (Lipinski definition) is 3. The molecule has 1 aliphatic carbocycles. The summed E-state index contributed by atoms with van der Waals surface area (Å²) in [4.78, 5) is 11.4. The molecule has 0 bridgehead atoms. The zero-order chi connectivity index (χ0) is 18.5. The van der Waals surface area contributed by atoms with Crippen LogP contribution in [0.25, 0.3) is 22.0 Å². The van der Waals surface area contributed by atoms with Crippen LogP contribution in [0.15, 0.2) is 36.4 Å². The molecule has 5 rings (SSSR count). The maximum absolute atomic E-state index is 11.4. The highest BCUT2D eigenvalue weighted by Crippen LogP contribution is 2.43. The first kappa shape index (κ1) is 16.5. The SMILES string of the molecule is CC1Cc2c(cccc2-c2ccc3c(c2)c(C2CC2)nn3C)NC(C=O)C1.